The Morgan fingerprint density at radius 2 is 0.957 bits per heavy atom. The SMILES string of the molecule is N.O=C([O-])CN(CCN(CC(=O)[O-])CC(=O)O)CC(=O)O.[Na+].[Na+]. The van der Waals surface area contributed by atoms with Gasteiger partial charge >= 0.3 is 71.1 Å². The quantitative estimate of drug-likeness (QED) is 0.298. The van der Waals surface area contributed by atoms with Crippen LogP contribution in [0.4, 0.5) is 0 Å². The fraction of sp³-hybridized carbons (Fsp3) is 0.600. The van der Waals surface area contributed by atoms with E-state index in [4.69, 9.17) is 10.2 Å². The van der Waals surface area contributed by atoms with E-state index in [1.165, 1.54) is 0 Å². The molecule has 0 atom stereocenters. The third-order valence-electron chi connectivity index (χ3n) is 2.16. The minimum absolute atomic E-state index is 0. The summed E-state index contributed by atoms with van der Waals surface area (Å²) in [6, 6.07) is 0. The van der Waals surface area contributed by atoms with E-state index < -0.39 is 50.1 Å². The average molecular weight is 353 g/mol. The van der Waals surface area contributed by atoms with E-state index in [9.17, 15) is 29.4 Å². The van der Waals surface area contributed by atoms with Crippen molar-refractivity contribution in [1.82, 2.24) is 16.0 Å². The van der Waals surface area contributed by atoms with Crippen LogP contribution in [0.15, 0.2) is 0 Å². The standard InChI is InChI=1S/C10H16N2O8.H3N.2Na/c13-7(14)3-11(4-8(15)16)1-2-12(5-9(17)18)6-10(19)20;;;/h1-6H2,(H,13,14)(H,15,16)(H,17,18)(H,19,20);1H3;;/q;;2*+1/p-2. The molecular formula is C10H17N3Na2O8. The topological polar surface area (TPSA) is 196 Å². The number of hydrogen-bond donors (Lipinski definition) is 3. The summed E-state index contributed by atoms with van der Waals surface area (Å²) in [5.41, 5.74) is 0. The number of carboxylic acid groups (broad SMARTS) is 4. The maximum atomic E-state index is 10.5. The molecule has 0 radical (unpaired) electrons. The van der Waals surface area contributed by atoms with E-state index in [2.05, 4.69) is 0 Å². The minimum atomic E-state index is -1.49. The van der Waals surface area contributed by atoms with Gasteiger partial charge in [0, 0.05) is 26.2 Å². The average Bonchev–Trinajstić information content (AvgIpc) is 2.22. The number of hydrogen-bond acceptors (Lipinski definition) is 9. The predicted molar refractivity (Wildman–Crippen MR) is 63.2 cm³/mol. The molecule has 0 bridgehead atoms. The third-order valence-corrected chi connectivity index (χ3v) is 2.16. The molecule has 0 amide bonds. The first-order valence-corrected chi connectivity index (χ1v) is 5.48. The van der Waals surface area contributed by atoms with Crippen molar-refractivity contribution in [3.05, 3.63) is 0 Å². The molecule has 13 heteroatoms. The van der Waals surface area contributed by atoms with Crippen molar-refractivity contribution in [2.75, 3.05) is 39.3 Å². The fourth-order valence-electron chi connectivity index (χ4n) is 1.46. The van der Waals surface area contributed by atoms with Gasteiger partial charge in [-0.15, -0.1) is 0 Å². The van der Waals surface area contributed by atoms with Gasteiger partial charge in [0.25, 0.3) is 0 Å². The van der Waals surface area contributed by atoms with Crippen LogP contribution < -0.4 is 75.5 Å². The van der Waals surface area contributed by atoms with Crippen molar-refractivity contribution in [2.24, 2.45) is 0 Å². The molecule has 0 fully saturated rings. The van der Waals surface area contributed by atoms with Crippen molar-refractivity contribution in [1.29, 1.82) is 0 Å². The largest absolute Gasteiger partial charge is 1.00 e. The molecule has 0 aliphatic rings. The fourth-order valence-corrected chi connectivity index (χ4v) is 1.46. The summed E-state index contributed by atoms with van der Waals surface area (Å²) < 4.78 is 0. The zero-order chi connectivity index (χ0) is 15.7. The van der Waals surface area contributed by atoms with Crippen LogP contribution in [0.1, 0.15) is 0 Å². The molecule has 0 saturated carbocycles. The Morgan fingerprint density at radius 3 is 1.13 bits per heavy atom. The van der Waals surface area contributed by atoms with Gasteiger partial charge in [0.15, 0.2) is 0 Å². The summed E-state index contributed by atoms with van der Waals surface area (Å²) in [4.78, 5) is 43.9. The maximum Gasteiger partial charge on any atom is 1.00 e. The van der Waals surface area contributed by atoms with Gasteiger partial charge in [0.1, 0.15) is 0 Å². The van der Waals surface area contributed by atoms with Gasteiger partial charge in [-0.1, -0.05) is 0 Å². The van der Waals surface area contributed by atoms with Crippen molar-refractivity contribution in [2.45, 2.75) is 0 Å². The van der Waals surface area contributed by atoms with Crippen LogP contribution >= 0.6 is 0 Å². The van der Waals surface area contributed by atoms with Gasteiger partial charge in [-0.05, 0) is 0 Å². The molecule has 5 N–H and O–H groups in total. The number of nitrogens with zero attached hydrogens (tertiary/aromatic N) is 2. The number of carbonyl (C=O) groups excluding carboxylic acids is 2. The van der Waals surface area contributed by atoms with E-state index in [0.29, 0.717) is 0 Å². The minimum Gasteiger partial charge on any atom is -0.549 e. The van der Waals surface area contributed by atoms with Crippen molar-refractivity contribution in [3.8, 4) is 0 Å². The molecule has 0 aromatic rings. The Bertz CT molecular complexity index is 328. The van der Waals surface area contributed by atoms with Gasteiger partial charge in [-0.25, -0.2) is 0 Å². The molecule has 11 nitrogen and oxygen atoms in total. The zero-order valence-corrected chi connectivity index (χ0v) is 17.2. The number of carboxylic acids is 4. The Morgan fingerprint density at radius 1 is 0.696 bits per heavy atom. The van der Waals surface area contributed by atoms with Crippen LogP contribution in [-0.4, -0.2) is 83.2 Å². The normalized spacial score (nSPS) is 9.30. The Balaban J connectivity index is -0.000000602. The van der Waals surface area contributed by atoms with Crippen molar-refractivity contribution >= 4 is 23.9 Å². The molecule has 122 valence electrons. The number of rotatable bonds is 11. The second-order valence-corrected chi connectivity index (χ2v) is 3.95. The van der Waals surface area contributed by atoms with Crippen LogP contribution in [0.2, 0.25) is 0 Å². The molecule has 0 saturated heterocycles. The molecule has 23 heavy (non-hydrogen) atoms. The van der Waals surface area contributed by atoms with E-state index in [0.717, 1.165) is 9.80 Å². The van der Waals surface area contributed by atoms with Crippen LogP contribution in [0.3, 0.4) is 0 Å². The molecule has 0 aromatic carbocycles. The van der Waals surface area contributed by atoms with Gasteiger partial charge in [0.05, 0.1) is 25.0 Å². The van der Waals surface area contributed by atoms with E-state index in [-0.39, 0.29) is 78.4 Å². The smallest absolute Gasteiger partial charge is 0.549 e. The number of carbonyl (C=O) groups is 4. The van der Waals surface area contributed by atoms with E-state index in [1.54, 1.807) is 0 Å². The second kappa shape index (κ2) is 16.6. The summed E-state index contributed by atoms with van der Waals surface area (Å²) in [5.74, 6) is -5.52. The molecule has 0 aliphatic heterocycles. The van der Waals surface area contributed by atoms with Crippen LogP contribution in [-0.2, 0) is 19.2 Å². The van der Waals surface area contributed by atoms with E-state index >= 15 is 0 Å². The van der Waals surface area contributed by atoms with Gasteiger partial charge in [-0.3, -0.25) is 19.4 Å². The van der Waals surface area contributed by atoms with Gasteiger partial charge < -0.3 is 36.2 Å². The molecule has 0 rings (SSSR count). The summed E-state index contributed by atoms with van der Waals surface area (Å²) in [7, 11) is 0. The Labute approximate surface area is 176 Å². The molecular weight excluding hydrogens is 336 g/mol. The molecule has 0 spiro atoms. The summed E-state index contributed by atoms with van der Waals surface area (Å²) in [6.45, 7) is -2.75. The number of aliphatic carboxylic acids is 4. The molecule has 0 aliphatic carbocycles. The Hall–Kier alpha value is -0.240. The monoisotopic (exact) mass is 353 g/mol. The van der Waals surface area contributed by atoms with Gasteiger partial charge in [0.2, 0.25) is 0 Å². The molecule has 0 unspecified atom stereocenters. The van der Waals surface area contributed by atoms with E-state index in [1.807, 2.05) is 0 Å². The van der Waals surface area contributed by atoms with Crippen molar-refractivity contribution < 1.29 is 98.7 Å². The van der Waals surface area contributed by atoms with Crippen LogP contribution in [0.5, 0.6) is 0 Å². The molecule has 0 aromatic heterocycles. The second-order valence-electron chi connectivity index (χ2n) is 3.95. The summed E-state index contributed by atoms with van der Waals surface area (Å²) >= 11 is 0. The van der Waals surface area contributed by atoms with Crippen LogP contribution in [0.25, 0.3) is 0 Å². The maximum absolute atomic E-state index is 10.5. The van der Waals surface area contributed by atoms with Crippen molar-refractivity contribution in [3.63, 3.8) is 0 Å². The first kappa shape index (κ1) is 30.6. The predicted octanol–water partition coefficient (Wildman–Crippen LogP) is -10.6. The Kier molecular flexibility index (Phi) is 22.1. The summed E-state index contributed by atoms with van der Waals surface area (Å²) in [5, 5.41) is 38.0. The van der Waals surface area contributed by atoms with Gasteiger partial charge in [-0.2, -0.15) is 0 Å². The third kappa shape index (κ3) is 19.7. The van der Waals surface area contributed by atoms with Crippen LogP contribution in [0, 0.1) is 0 Å². The first-order valence-electron chi connectivity index (χ1n) is 5.48. The first-order chi connectivity index (χ1) is 9.20. The summed E-state index contributed by atoms with van der Waals surface area (Å²) in [6.07, 6.45) is 0. The zero-order valence-electron chi connectivity index (χ0n) is 13.2. The molecule has 0 heterocycles.